The van der Waals surface area contributed by atoms with E-state index in [0.29, 0.717) is 17.5 Å². The summed E-state index contributed by atoms with van der Waals surface area (Å²) in [6.45, 7) is 9.11. The zero-order chi connectivity index (χ0) is 19.6. The van der Waals surface area contributed by atoms with Gasteiger partial charge >= 0.3 is 0 Å². The second-order valence-electron chi connectivity index (χ2n) is 7.42. The van der Waals surface area contributed by atoms with Crippen molar-refractivity contribution in [1.82, 2.24) is 9.62 Å². The van der Waals surface area contributed by atoms with Crippen molar-refractivity contribution in [2.45, 2.75) is 45.1 Å². The van der Waals surface area contributed by atoms with E-state index in [1.165, 1.54) is 11.6 Å². The maximum Gasteiger partial charge on any atom is 0.240 e. The molecule has 2 aromatic rings. The predicted molar refractivity (Wildman–Crippen MR) is 108 cm³/mol. The van der Waals surface area contributed by atoms with E-state index in [1.807, 2.05) is 20.8 Å². The van der Waals surface area contributed by atoms with Gasteiger partial charge in [-0.05, 0) is 76.4 Å². The summed E-state index contributed by atoms with van der Waals surface area (Å²) in [5, 5.41) is 0.468. The summed E-state index contributed by atoms with van der Waals surface area (Å²) in [7, 11) is -3.52. The summed E-state index contributed by atoms with van der Waals surface area (Å²) in [6, 6.07) is 6.94. The van der Waals surface area contributed by atoms with E-state index in [4.69, 9.17) is 16.0 Å². The van der Waals surface area contributed by atoms with E-state index < -0.39 is 10.0 Å². The number of rotatable bonds is 6. The van der Waals surface area contributed by atoms with Gasteiger partial charge in [-0.25, -0.2) is 13.1 Å². The van der Waals surface area contributed by atoms with Gasteiger partial charge in [-0.1, -0.05) is 17.7 Å². The quantitative estimate of drug-likeness (QED) is 0.780. The van der Waals surface area contributed by atoms with Crippen molar-refractivity contribution in [3.8, 4) is 0 Å². The molecule has 0 unspecified atom stereocenters. The van der Waals surface area contributed by atoms with Gasteiger partial charge in [-0.15, -0.1) is 0 Å². The molecule has 0 saturated carbocycles. The first-order valence-electron chi connectivity index (χ1n) is 9.28. The Morgan fingerprint density at radius 3 is 2.48 bits per heavy atom. The lowest BCUT2D eigenvalue weighted by atomic mass is 9.97. The molecule has 2 heterocycles. The van der Waals surface area contributed by atoms with Crippen LogP contribution in [0.25, 0.3) is 0 Å². The fourth-order valence-electron chi connectivity index (χ4n) is 3.48. The Kier molecular flexibility index (Phi) is 6.31. The number of benzene rings is 1. The van der Waals surface area contributed by atoms with Gasteiger partial charge in [0.15, 0.2) is 0 Å². The molecule has 1 aliphatic heterocycles. The topological polar surface area (TPSA) is 62.6 Å². The monoisotopic (exact) mass is 410 g/mol. The van der Waals surface area contributed by atoms with Gasteiger partial charge in [-0.3, -0.25) is 4.90 Å². The van der Waals surface area contributed by atoms with Crippen molar-refractivity contribution in [3.05, 3.63) is 51.9 Å². The van der Waals surface area contributed by atoms with Crippen LogP contribution in [0.2, 0.25) is 5.02 Å². The van der Waals surface area contributed by atoms with E-state index in [1.54, 1.807) is 12.1 Å². The highest BCUT2D eigenvalue weighted by Crippen LogP contribution is 2.23. The first kappa shape index (κ1) is 20.4. The van der Waals surface area contributed by atoms with Gasteiger partial charge in [0.05, 0.1) is 4.90 Å². The molecule has 27 heavy (non-hydrogen) atoms. The molecule has 0 spiro atoms. The molecule has 5 nitrogen and oxygen atoms in total. The fraction of sp³-hybridized carbons (Fsp3) is 0.500. The number of hydrogen-bond acceptors (Lipinski definition) is 4. The summed E-state index contributed by atoms with van der Waals surface area (Å²) < 4.78 is 33.3. The summed E-state index contributed by atoms with van der Waals surface area (Å²) in [6.07, 6.45) is 1.96. The highest BCUT2D eigenvalue weighted by atomic mass is 35.5. The number of nitrogens with zero attached hydrogens (tertiary/aromatic N) is 1. The fourth-order valence-corrected chi connectivity index (χ4v) is 4.87. The van der Waals surface area contributed by atoms with Crippen LogP contribution in [0.15, 0.2) is 33.6 Å². The Morgan fingerprint density at radius 2 is 1.89 bits per heavy atom. The van der Waals surface area contributed by atoms with Crippen molar-refractivity contribution >= 4 is 21.6 Å². The second kappa shape index (κ2) is 8.35. The Bertz CT molecular complexity index is 900. The van der Waals surface area contributed by atoms with Crippen molar-refractivity contribution in [1.29, 1.82) is 0 Å². The normalized spacial score (nSPS) is 16.7. The third-order valence-corrected chi connectivity index (χ3v) is 7.09. The lowest BCUT2D eigenvalue weighted by Crippen LogP contribution is -2.38. The lowest BCUT2D eigenvalue weighted by molar-refractivity contribution is 0.178. The van der Waals surface area contributed by atoms with Crippen LogP contribution in [0, 0.1) is 26.7 Å². The van der Waals surface area contributed by atoms with Crippen LogP contribution >= 0.6 is 11.6 Å². The molecule has 1 aromatic heterocycles. The Balaban J connectivity index is 1.50. The maximum atomic E-state index is 12.5. The number of furan rings is 1. The van der Waals surface area contributed by atoms with Gasteiger partial charge in [0.1, 0.15) is 11.5 Å². The lowest BCUT2D eigenvalue weighted by Gasteiger charge is -2.31. The van der Waals surface area contributed by atoms with Crippen molar-refractivity contribution < 1.29 is 12.8 Å². The van der Waals surface area contributed by atoms with Gasteiger partial charge in [-0.2, -0.15) is 0 Å². The zero-order valence-electron chi connectivity index (χ0n) is 16.1. The van der Waals surface area contributed by atoms with Crippen LogP contribution in [0.5, 0.6) is 0 Å². The molecule has 1 fully saturated rings. The minimum atomic E-state index is -3.52. The Hall–Kier alpha value is -1.34. The van der Waals surface area contributed by atoms with Gasteiger partial charge in [0, 0.05) is 23.7 Å². The van der Waals surface area contributed by atoms with Crippen LogP contribution in [-0.4, -0.2) is 33.0 Å². The molecule has 3 rings (SSSR count). The smallest absolute Gasteiger partial charge is 0.240 e. The molecule has 1 saturated heterocycles. The predicted octanol–water partition coefficient (Wildman–Crippen LogP) is 4.05. The molecule has 7 heteroatoms. The second-order valence-corrected chi connectivity index (χ2v) is 9.60. The Labute approximate surface area is 166 Å². The van der Waals surface area contributed by atoms with Crippen LogP contribution < -0.4 is 4.72 Å². The number of likely N-dealkylation sites (tertiary alicyclic amines) is 1. The summed E-state index contributed by atoms with van der Waals surface area (Å²) in [4.78, 5) is 2.63. The largest absolute Gasteiger partial charge is 0.466 e. The highest BCUT2D eigenvalue weighted by molar-refractivity contribution is 7.89. The molecular formula is C20H27ClN2O3S. The number of halogens is 1. The van der Waals surface area contributed by atoms with Gasteiger partial charge < -0.3 is 4.42 Å². The third kappa shape index (κ3) is 5.13. The first-order chi connectivity index (χ1) is 12.7. The van der Waals surface area contributed by atoms with E-state index in [-0.39, 0.29) is 4.90 Å². The average Bonchev–Trinajstić information content (AvgIpc) is 2.94. The summed E-state index contributed by atoms with van der Waals surface area (Å²) >= 11 is 6.06. The number of aryl methyl sites for hydroxylation is 3. The standard InChI is InChI=1S/C20H27ClN2O3S/c1-14-4-5-19(11-20(14)21)27(24,25)22-12-17-6-8-23(9-7-17)13-18-10-15(2)26-16(18)3/h4-5,10-11,17,22H,6-9,12-13H2,1-3H3. The third-order valence-electron chi connectivity index (χ3n) is 5.26. The maximum absolute atomic E-state index is 12.5. The van der Waals surface area contributed by atoms with Crippen molar-refractivity contribution in [2.24, 2.45) is 5.92 Å². The molecule has 0 aliphatic carbocycles. The first-order valence-corrected chi connectivity index (χ1v) is 11.1. The molecular weight excluding hydrogens is 384 g/mol. The summed E-state index contributed by atoms with van der Waals surface area (Å²) in [5.74, 6) is 2.28. The van der Waals surface area contributed by atoms with E-state index in [9.17, 15) is 8.42 Å². The molecule has 1 aliphatic rings. The van der Waals surface area contributed by atoms with E-state index >= 15 is 0 Å². The minimum absolute atomic E-state index is 0.223. The van der Waals surface area contributed by atoms with Gasteiger partial charge in [0.2, 0.25) is 10.0 Å². The minimum Gasteiger partial charge on any atom is -0.466 e. The number of sulfonamides is 1. The van der Waals surface area contributed by atoms with E-state index in [2.05, 4.69) is 15.7 Å². The number of hydrogen-bond donors (Lipinski definition) is 1. The highest BCUT2D eigenvalue weighted by Gasteiger charge is 2.23. The van der Waals surface area contributed by atoms with Crippen LogP contribution in [0.1, 0.15) is 35.5 Å². The molecule has 0 bridgehead atoms. The van der Waals surface area contributed by atoms with Crippen LogP contribution in [-0.2, 0) is 16.6 Å². The van der Waals surface area contributed by atoms with Crippen LogP contribution in [0.3, 0.4) is 0 Å². The molecule has 1 N–H and O–H groups in total. The van der Waals surface area contributed by atoms with Gasteiger partial charge in [0.25, 0.3) is 0 Å². The molecule has 0 radical (unpaired) electrons. The van der Waals surface area contributed by atoms with Crippen molar-refractivity contribution in [2.75, 3.05) is 19.6 Å². The molecule has 0 amide bonds. The zero-order valence-corrected chi connectivity index (χ0v) is 17.7. The summed E-state index contributed by atoms with van der Waals surface area (Å²) in [5.41, 5.74) is 2.11. The average molecular weight is 411 g/mol. The molecule has 148 valence electrons. The Morgan fingerprint density at radius 1 is 1.19 bits per heavy atom. The SMILES string of the molecule is Cc1cc(CN2CCC(CNS(=O)(=O)c3ccc(C)c(Cl)c3)CC2)c(C)o1. The molecule has 1 aromatic carbocycles. The number of nitrogens with one attached hydrogen (secondary N) is 1. The van der Waals surface area contributed by atoms with Crippen LogP contribution in [0.4, 0.5) is 0 Å². The molecule has 0 atom stereocenters. The van der Waals surface area contributed by atoms with Crippen molar-refractivity contribution in [3.63, 3.8) is 0 Å². The number of piperidine rings is 1. The van der Waals surface area contributed by atoms with E-state index in [0.717, 1.165) is 49.6 Å².